The van der Waals surface area contributed by atoms with Crippen LogP contribution in [-0.2, 0) is 0 Å². The highest BCUT2D eigenvalue weighted by molar-refractivity contribution is 9.10. The van der Waals surface area contributed by atoms with Crippen LogP contribution in [0.4, 0.5) is 0 Å². The van der Waals surface area contributed by atoms with E-state index in [2.05, 4.69) is 15.9 Å². The summed E-state index contributed by atoms with van der Waals surface area (Å²) in [6.45, 7) is 0.393. The largest absolute Gasteiger partial charge is 0.491 e. The summed E-state index contributed by atoms with van der Waals surface area (Å²) in [6.07, 6.45) is 0. The average molecular weight is 282 g/mol. The van der Waals surface area contributed by atoms with E-state index in [0.29, 0.717) is 17.0 Å². The molecule has 4 heteroatoms. The first-order valence-electron chi connectivity index (χ1n) is 4.94. The maximum Gasteiger partial charge on any atom is 0.169 e. The van der Waals surface area contributed by atoms with Gasteiger partial charge < -0.3 is 14.9 Å². The van der Waals surface area contributed by atoms with Crippen molar-refractivity contribution in [2.45, 2.75) is 6.04 Å². The van der Waals surface area contributed by atoms with Gasteiger partial charge in [0.05, 0.1) is 6.04 Å². The van der Waals surface area contributed by atoms with Crippen LogP contribution in [0.5, 0.6) is 5.75 Å². The van der Waals surface area contributed by atoms with Gasteiger partial charge in [0.25, 0.3) is 0 Å². The molecule has 0 saturated heterocycles. The van der Waals surface area contributed by atoms with Gasteiger partial charge >= 0.3 is 0 Å². The van der Waals surface area contributed by atoms with Crippen LogP contribution < -0.4 is 10.5 Å². The van der Waals surface area contributed by atoms with Gasteiger partial charge in [0, 0.05) is 0 Å². The van der Waals surface area contributed by atoms with Crippen LogP contribution >= 0.6 is 15.9 Å². The first kappa shape index (κ1) is 11.2. The first-order chi connectivity index (χ1) is 7.75. The molecule has 1 aromatic heterocycles. The summed E-state index contributed by atoms with van der Waals surface area (Å²) in [5.41, 5.74) is 5.92. The lowest BCUT2D eigenvalue weighted by atomic mass is 10.2. The molecule has 2 N–H and O–H groups in total. The van der Waals surface area contributed by atoms with Gasteiger partial charge in [-0.05, 0) is 40.2 Å². The molecule has 2 aromatic rings. The van der Waals surface area contributed by atoms with E-state index < -0.39 is 0 Å². The quantitative estimate of drug-likeness (QED) is 0.937. The average Bonchev–Trinajstić information content (AvgIpc) is 2.74. The summed E-state index contributed by atoms with van der Waals surface area (Å²) in [4.78, 5) is 0. The molecule has 1 aromatic carbocycles. The Morgan fingerprint density at radius 2 is 1.94 bits per heavy atom. The molecule has 0 aliphatic rings. The molecule has 0 aliphatic carbocycles. The van der Waals surface area contributed by atoms with Crippen molar-refractivity contribution in [1.82, 2.24) is 0 Å². The predicted molar refractivity (Wildman–Crippen MR) is 65.3 cm³/mol. The smallest absolute Gasteiger partial charge is 0.169 e. The van der Waals surface area contributed by atoms with Gasteiger partial charge in [-0.25, -0.2) is 0 Å². The van der Waals surface area contributed by atoms with Gasteiger partial charge in [-0.2, -0.15) is 0 Å². The number of rotatable bonds is 4. The van der Waals surface area contributed by atoms with Crippen LogP contribution in [0.2, 0.25) is 0 Å². The molecule has 1 heterocycles. The third kappa shape index (κ3) is 2.87. The second-order valence-electron chi connectivity index (χ2n) is 3.37. The van der Waals surface area contributed by atoms with Gasteiger partial charge in [0.1, 0.15) is 18.1 Å². The van der Waals surface area contributed by atoms with E-state index in [1.807, 2.05) is 42.5 Å². The van der Waals surface area contributed by atoms with Gasteiger partial charge in [-0.1, -0.05) is 18.2 Å². The summed E-state index contributed by atoms with van der Waals surface area (Å²) >= 11 is 3.23. The summed E-state index contributed by atoms with van der Waals surface area (Å²) in [6, 6.07) is 13.0. The first-order valence-corrected chi connectivity index (χ1v) is 5.73. The fourth-order valence-corrected chi connectivity index (χ4v) is 1.63. The van der Waals surface area contributed by atoms with Crippen LogP contribution in [0.15, 0.2) is 51.6 Å². The lowest BCUT2D eigenvalue weighted by Crippen LogP contribution is -2.18. The molecule has 0 bridgehead atoms. The van der Waals surface area contributed by atoms with Crippen molar-refractivity contribution >= 4 is 15.9 Å². The predicted octanol–water partition coefficient (Wildman–Crippen LogP) is 3.12. The molecule has 1 unspecified atom stereocenters. The van der Waals surface area contributed by atoms with Crippen molar-refractivity contribution in [1.29, 1.82) is 0 Å². The van der Waals surface area contributed by atoms with Crippen LogP contribution in [0.25, 0.3) is 0 Å². The molecule has 0 amide bonds. The third-order valence-corrected chi connectivity index (χ3v) is 2.56. The van der Waals surface area contributed by atoms with E-state index in [4.69, 9.17) is 14.9 Å². The van der Waals surface area contributed by atoms with Crippen molar-refractivity contribution < 1.29 is 9.15 Å². The molecule has 2 rings (SSSR count). The van der Waals surface area contributed by atoms with Crippen LogP contribution in [0, 0.1) is 0 Å². The minimum Gasteiger partial charge on any atom is -0.491 e. The van der Waals surface area contributed by atoms with Crippen LogP contribution in [0.1, 0.15) is 11.8 Å². The van der Waals surface area contributed by atoms with Crippen LogP contribution in [0.3, 0.4) is 0 Å². The summed E-state index contributed by atoms with van der Waals surface area (Å²) < 4.78 is 11.6. The van der Waals surface area contributed by atoms with E-state index in [9.17, 15) is 0 Å². The zero-order chi connectivity index (χ0) is 11.4. The fraction of sp³-hybridized carbons (Fsp3) is 0.167. The summed E-state index contributed by atoms with van der Waals surface area (Å²) in [7, 11) is 0. The number of halogens is 1. The molecule has 1 atom stereocenters. The van der Waals surface area contributed by atoms with E-state index in [1.54, 1.807) is 0 Å². The molecule has 16 heavy (non-hydrogen) atoms. The maximum atomic E-state index is 5.92. The molecule has 0 saturated carbocycles. The molecule has 84 valence electrons. The Morgan fingerprint density at radius 1 is 1.19 bits per heavy atom. The SMILES string of the molecule is NC(COc1ccccc1)c1ccc(Br)o1. The number of hydrogen-bond donors (Lipinski definition) is 1. The summed E-state index contributed by atoms with van der Waals surface area (Å²) in [5, 5.41) is 0. The third-order valence-electron chi connectivity index (χ3n) is 2.13. The van der Waals surface area contributed by atoms with E-state index in [1.165, 1.54) is 0 Å². The van der Waals surface area contributed by atoms with E-state index in [0.717, 1.165) is 5.75 Å². The van der Waals surface area contributed by atoms with E-state index in [-0.39, 0.29) is 6.04 Å². The number of nitrogens with two attached hydrogens (primary N) is 1. The Balaban J connectivity index is 1.91. The number of furan rings is 1. The van der Waals surface area contributed by atoms with E-state index >= 15 is 0 Å². The minimum atomic E-state index is -0.258. The van der Waals surface area contributed by atoms with Gasteiger partial charge in [0.2, 0.25) is 0 Å². The Morgan fingerprint density at radius 3 is 2.56 bits per heavy atom. The second-order valence-corrected chi connectivity index (χ2v) is 4.15. The van der Waals surface area contributed by atoms with Gasteiger partial charge in [-0.15, -0.1) is 0 Å². The summed E-state index contributed by atoms with van der Waals surface area (Å²) in [5.74, 6) is 1.52. The fourth-order valence-electron chi connectivity index (χ4n) is 1.31. The Bertz CT molecular complexity index is 441. The molecule has 0 spiro atoms. The number of hydrogen-bond acceptors (Lipinski definition) is 3. The minimum absolute atomic E-state index is 0.258. The zero-order valence-corrected chi connectivity index (χ0v) is 10.2. The number of ether oxygens (including phenoxy) is 1. The molecular weight excluding hydrogens is 270 g/mol. The van der Waals surface area contributed by atoms with Gasteiger partial charge in [-0.3, -0.25) is 0 Å². The lowest BCUT2D eigenvalue weighted by molar-refractivity contribution is 0.271. The second kappa shape index (κ2) is 5.18. The lowest BCUT2D eigenvalue weighted by Gasteiger charge is -2.10. The maximum absolute atomic E-state index is 5.92. The zero-order valence-electron chi connectivity index (χ0n) is 8.60. The highest BCUT2D eigenvalue weighted by Crippen LogP contribution is 2.20. The van der Waals surface area contributed by atoms with Crippen molar-refractivity contribution in [3.8, 4) is 5.75 Å². The van der Waals surface area contributed by atoms with Crippen molar-refractivity contribution in [2.75, 3.05) is 6.61 Å². The standard InChI is InChI=1S/C12H12BrNO2/c13-12-7-6-11(16-12)10(14)8-15-9-4-2-1-3-5-9/h1-7,10H,8,14H2. The highest BCUT2D eigenvalue weighted by atomic mass is 79.9. The normalized spacial score (nSPS) is 12.4. The molecule has 0 aliphatic heterocycles. The topological polar surface area (TPSA) is 48.4 Å². The molecular formula is C12H12BrNO2. The van der Waals surface area contributed by atoms with Crippen molar-refractivity contribution in [3.63, 3.8) is 0 Å². The van der Waals surface area contributed by atoms with Crippen molar-refractivity contribution in [3.05, 3.63) is 52.9 Å². The number of para-hydroxylation sites is 1. The Labute approximate surface area is 102 Å². The monoisotopic (exact) mass is 281 g/mol. The van der Waals surface area contributed by atoms with Crippen molar-refractivity contribution in [2.24, 2.45) is 5.73 Å². The Kier molecular flexibility index (Phi) is 3.64. The molecule has 3 nitrogen and oxygen atoms in total. The number of benzene rings is 1. The van der Waals surface area contributed by atoms with Crippen LogP contribution in [-0.4, -0.2) is 6.61 Å². The Hall–Kier alpha value is -1.26. The molecule has 0 radical (unpaired) electrons. The molecule has 0 fully saturated rings. The van der Waals surface area contributed by atoms with Gasteiger partial charge in [0.15, 0.2) is 4.67 Å². The highest BCUT2D eigenvalue weighted by Gasteiger charge is 2.10.